The van der Waals surface area contributed by atoms with E-state index in [2.05, 4.69) is 15.0 Å². The Kier molecular flexibility index (Phi) is 7.04. The monoisotopic (exact) mass is 492 g/mol. The molecule has 0 saturated heterocycles. The van der Waals surface area contributed by atoms with Gasteiger partial charge in [0.1, 0.15) is 6.61 Å². The maximum Gasteiger partial charge on any atom is 0.259 e. The van der Waals surface area contributed by atoms with E-state index in [4.69, 9.17) is 16.3 Å². The van der Waals surface area contributed by atoms with Crippen LogP contribution >= 0.6 is 11.6 Å². The number of aryl methyl sites for hydroxylation is 1. The van der Waals surface area contributed by atoms with Gasteiger partial charge in [0.25, 0.3) is 10.0 Å². The van der Waals surface area contributed by atoms with E-state index in [0.717, 1.165) is 29.5 Å². The summed E-state index contributed by atoms with van der Waals surface area (Å²) in [6, 6.07) is 11.2. The molecule has 7 nitrogen and oxygen atoms in total. The van der Waals surface area contributed by atoms with E-state index >= 15 is 0 Å². The number of sulfonamides is 1. The second kappa shape index (κ2) is 9.80. The smallest absolute Gasteiger partial charge is 0.259 e. The Morgan fingerprint density at radius 2 is 2.12 bits per heavy atom. The first-order valence-electron chi connectivity index (χ1n) is 10.6. The van der Waals surface area contributed by atoms with Crippen LogP contribution in [-0.4, -0.2) is 44.2 Å². The van der Waals surface area contributed by atoms with Gasteiger partial charge in [-0.3, -0.25) is 0 Å². The molecule has 0 aliphatic heterocycles. The predicted molar refractivity (Wildman–Crippen MR) is 125 cm³/mol. The van der Waals surface area contributed by atoms with Gasteiger partial charge < -0.3 is 14.6 Å². The molecule has 2 atom stereocenters. The van der Waals surface area contributed by atoms with Gasteiger partial charge in [0.05, 0.1) is 6.33 Å². The molecule has 1 aromatic heterocycles. The highest BCUT2D eigenvalue weighted by Gasteiger charge is 2.33. The molecule has 0 fully saturated rings. The predicted octanol–water partition coefficient (Wildman–Crippen LogP) is 3.04. The molecule has 0 saturated carbocycles. The third kappa shape index (κ3) is 5.38. The van der Waals surface area contributed by atoms with E-state index in [0.29, 0.717) is 5.02 Å². The van der Waals surface area contributed by atoms with Crippen molar-refractivity contribution >= 4 is 21.6 Å². The molecule has 3 aromatic rings. The molecular formula is C23H26ClFN4O3S. The van der Waals surface area contributed by atoms with E-state index in [1.54, 1.807) is 17.7 Å². The van der Waals surface area contributed by atoms with Crippen LogP contribution in [0.4, 0.5) is 4.39 Å². The number of fused-ring (bicyclic) bond motifs is 1. The molecule has 0 amide bonds. The van der Waals surface area contributed by atoms with E-state index in [1.807, 2.05) is 31.3 Å². The van der Waals surface area contributed by atoms with E-state index < -0.39 is 15.8 Å². The van der Waals surface area contributed by atoms with Gasteiger partial charge in [-0.25, -0.2) is 22.5 Å². The average molecular weight is 493 g/mol. The van der Waals surface area contributed by atoms with Crippen molar-refractivity contribution in [3.63, 3.8) is 0 Å². The van der Waals surface area contributed by atoms with Crippen LogP contribution in [0.3, 0.4) is 0 Å². The molecule has 33 heavy (non-hydrogen) atoms. The van der Waals surface area contributed by atoms with Crippen LogP contribution in [0.5, 0.6) is 5.75 Å². The first-order valence-corrected chi connectivity index (χ1v) is 12.5. The van der Waals surface area contributed by atoms with Crippen LogP contribution in [0.2, 0.25) is 5.02 Å². The third-order valence-corrected chi connectivity index (χ3v) is 7.42. The summed E-state index contributed by atoms with van der Waals surface area (Å²) in [6.07, 6.45) is 4.29. The van der Waals surface area contributed by atoms with Crippen LogP contribution in [0, 0.1) is 5.82 Å². The minimum Gasteiger partial charge on any atom is -0.489 e. The summed E-state index contributed by atoms with van der Waals surface area (Å²) >= 11 is 6.15. The van der Waals surface area contributed by atoms with Crippen LogP contribution in [0.15, 0.2) is 53.9 Å². The largest absolute Gasteiger partial charge is 0.489 e. The molecule has 176 valence electrons. The SMILES string of the molecule is CNC1Cc2cc(F)c(OCCNS(=O)(=O)c3cn(C)cn3)cc2C1Cc1cccc(Cl)c1. The summed E-state index contributed by atoms with van der Waals surface area (Å²) < 4.78 is 48.8. The molecule has 1 aliphatic rings. The number of benzene rings is 2. The highest BCUT2D eigenvalue weighted by Crippen LogP contribution is 2.39. The van der Waals surface area contributed by atoms with E-state index in [-0.39, 0.29) is 35.9 Å². The summed E-state index contributed by atoms with van der Waals surface area (Å²) in [5.74, 6) is -0.215. The molecule has 10 heteroatoms. The van der Waals surface area contributed by atoms with Crippen LogP contribution in [-0.2, 0) is 29.9 Å². The number of hydrogen-bond donors (Lipinski definition) is 2. The fourth-order valence-electron chi connectivity index (χ4n) is 4.25. The maximum atomic E-state index is 14.7. The molecule has 2 aromatic carbocycles. The Morgan fingerprint density at radius 3 is 2.82 bits per heavy atom. The number of imidazole rings is 1. The zero-order valence-corrected chi connectivity index (χ0v) is 20.0. The standard InChI is InChI=1S/C23H26ClFN4O3S/c1-26-21-11-16-10-20(25)22(12-18(16)19(21)9-15-4-3-5-17(24)8-15)32-7-6-28-33(30,31)23-13-29(2)14-27-23/h3-5,8,10,12-14,19,21,26,28H,6-7,9,11H2,1-2H3. The fourth-order valence-corrected chi connectivity index (χ4v) is 5.45. The third-order valence-electron chi connectivity index (χ3n) is 5.84. The lowest BCUT2D eigenvalue weighted by atomic mass is 9.91. The van der Waals surface area contributed by atoms with Gasteiger partial charge in [0.2, 0.25) is 0 Å². The quantitative estimate of drug-likeness (QED) is 0.448. The lowest BCUT2D eigenvalue weighted by Crippen LogP contribution is -2.30. The molecule has 0 radical (unpaired) electrons. The van der Waals surface area contributed by atoms with E-state index in [9.17, 15) is 12.8 Å². The molecule has 0 bridgehead atoms. The lowest BCUT2D eigenvalue weighted by molar-refractivity contribution is 0.306. The first kappa shape index (κ1) is 23.7. The normalized spacial score (nSPS) is 17.8. The second-order valence-corrected chi connectivity index (χ2v) is 10.3. The summed E-state index contributed by atoms with van der Waals surface area (Å²) in [5, 5.41) is 3.95. The lowest BCUT2D eigenvalue weighted by Gasteiger charge is -2.20. The minimum absolute atomic E-state index is 0.0134. The van der Waals surface area contributed by atoms with Crippen molar-refractivity contribution in [2.45, 2.75) is 29.8 Å². The van der Waals surface area contributed by atoms with Gasteiger partial charge in [-0.05, 0) is 60.8 Å². The maximum absolute atomic E-state index is 14.7. The number of aromatic nitrogens is 2. The van der Waals surface area contributed by atoms with E-state index in [1.165, 1.54) is 18.6 Å². The van der Waals surface area contributed by atoms with Crippen LogP contribution in [0.25, 0.3) is 0 Å². The van der Waals surface area contributed by atoms with Gasteiger partial charge in [0, 0.05) is 36.8 Å². The molecule has 4 rings (SSSR count). The zero-order valence-electron chi connectivity index (χ0n) is 18.4. The van der Waals surface area contributed by atoms with Gasteiger partial charge in [-0.1, -0.05) is 23.7 Å². The van der Waals surface area contributed by atoms with Gasteiger partial charge in [-0.15, -0.1) is 0 Å². The van der Waals surface area contributed by atoms with Gasteiger partial charge in [-0.2, -0.15) is 0 Å². The van der Waals surface area contributed by atoms with Crippen LogP contribution < -0.4 is 14.8 Å². The highest BCUT2D eigenvalue weighted by molar-refractivity contribution is 7.89. The second-order valence-electron chi connectivity index (χ2n) is 8.14. The zero-order chi connectivity index (χ0) is 23.6. The summed E-state index contributed by atoms with van der Waals surface area (Å²) in [6.45, 7) is -0.0310. The topological polar surface area (TPSA) is 85.3 Å². The number of likely N-dealkylation sites (N-methyl/N-ethyl adjacent to an activating group) is 1. The molecular weight excluding hydrogens is 467 g/mol. The first-order chi connectivity index (χ1) is 15.8. The Labute approximate surface area is 198 Å². The van der Waals surface area contributed by atoms with Crippen molar-refractivity contribution in [2.24, 2.45) is 7.05 Å². The molecule has 2 N–H and O–H groups in total. The van der Waals surface area contributed by atoms with Crippen molar-refractivity contribution in [1.29, 1.82) is 0 Å². The number of nitrogens with zero attached hydrogens (tertiary/aromatic N) is 2. The van der Waals surface area contributed by atoms with Crippen molar-refractivity contribution in [2.75, 3.05) is 20.2 Å². The minimum atomic E-state index is -3.75. The van der Waals surface area contributed by atoms with Crippen molar-refractivity contribution in [3.05, 3.63) is 76.5 Å². The van der Waals surface area contributed by atoms with Gasteiger partial charge in [0.15, 0.2) is 16.6 Å². The Hall–Kier alpha value is -2.46. The average Bonchev–Trinajstić information content (AvgIpc) is 3.35. The van der Waals surface area contributed by atoms with Crippen molar-refractivity contribution in [3.8, 4) is 5.75 Å². The number of rotatable bonds is 9. The number of nitrogens with one attached hydrogen (secondary N) is 2. The molecule has 1 aliphatic carbocycles. The van der Waals surface area contributed by atoms with Crippen LogP contribution in [0.1, 0.15) is 22.6 Å². The Balaban J connectivity index is 1.45. The molecule has 1 heterocycles. The number of halogens is 2. The summed E-state index contributed by atoms with van der Waals surface area (Å²) in [4.78, 5) is 3.84. The molecule has 0 spiro atoms. The molecule has 2 unspecified atom stereocenters. The number of hydrogen-bond acceptors (Lipinski definition) is 5. The highest BCUT2D eigenvalue weighted by atomic mass is 35.5. The fraction of sp³-hybridized carbons (Fsp3) is 0.348. The Morgan fingerprint density at radius 1 is 1.30 bits per heavy atom. The summed E-state index contributed by atoms with van der Waals surface area (Å²) in [5.41, 5.74) is 3.08. The number of ether oxygens (including phenoxy) is 1. The van der Waals surface area contributed by atoms with Crippen molar-refractivity contribution < 1.29 is 17.5 Å². The Bertz CT molecular complexity index is 1250. The van der Waals surface area contributed by atoms with Gasteiger partial charge >= 0.3 is 0 Å². The summed E-state index contributed by atoms with van der Waals surface area (Å²) in [7, 11) is -0.156. The van der Waals surface area contributed by atoms with Crippen molar-refractivity contribution in [1.82, 2.24) is 19.6 Å².